The van der Waals surface area contributed by atoms with Gasteiger partial charge in [-0.3, -0.25) is 4.79 Å². The van der Waals surface area contributed by atoms with Gasteiger partial charge in [0.1, 0.15) is 0 Å². The molecule has 0 aromatic heterocycles. The second-order valence-corrected chi connectivity index (χ2v) is 6.09. The molecular formula is C12H16BrNO2S. The van der Waals surface area contributed by atoms with Gasteiger partial charge in [0, 0.05) is 15.4 Å². The maximum absolute atomic E-state index is 11.6. The van der Waals surface area contributed by atoms with E-state index in [1.807, 2.05) is 31.2 Å². The molecule has 2 N–H and O–H groups in total. The van der Waals surface area contributed by atoms with Crippen LogP contribution in [0.4, 0.5) is 5.69 Å². The molecule has 2 atom stereocenters. The van der Waals surface area contributed by atoms with Crippen LogP contribution in [0.3, 0.4) is 0 Å². The minimum atomic E-state index is -0.402. The normalized spacial score (nSPS) is 14.1. The van der Waals surface area contributed by atoms with Crippen LogP contribution in [0.2, 0.25) is 0 Å². The first-order chi connectivity index (χ1) is 7.99. The quantitative estimate of drug-likeness (QED) is 0.878. The van der Waals surface area contributed by atoms with Crippen LogP contribution < -0.4 is 5.32 Å². The average Bonchev–Trinajstić information content (AvgIpc) is 2.29. The highest BCUT2D eigenvalue weighted by atomic mass is 79.9. The summed E-state index contributed by atoms with van der Waals surface area (Å²) in [6.45, 7) is 3.63. The maximum Gasteiger partial charge on any atom is 0.234 e. The first kappa shape index (κ1) is 14.5. The number of thioether (sulfide) groups is 1. The number of nitrogens with one attached hydrogen (secondary N) is 1. The molecule has 0 heterocycles. The molecular weight excluding hydrogens is 302 g/mol. The van der Waals surface area contributed by atoms with Gasteiger partial charge in [0.25, 0.3) is 0 Å². The fraction of sp³-hybridized carbons (Fsp3) is 0.417. The van der Waals surface area contributed by atoms with Crippen LogP contribution in [-0.2, 0) is 4.79 Å². The summed E-state index contributed by atoms with van der Waals surface area (Å²) < 4.78 is 0.979. The summed E-state index contributed by atoms with van der Waals surface area (Å²) >= 11 is 4.78. The van der Waals surface area contributed by atoms with Crippen molar-refractivity contribution in [2.24, 2.45) is 0 Å². The molecule has 1 rings (SSSR count). The Morgan fingerprint density at radius 2 is 2.00 bits per heavy atom. The van der Waals surface area contributed by atoms with Gasteiger partial charge in [-0.15, -0.1) is 11.8 Å². The van der Waals surface area contributed by atoms with Crippen molar-refractivity contribution < 1.29 is 9.90 Å². The zero-order valence-corrected chi connectivity index (χ0v) is 12.2. The Kier molecular flexibility index (Phi) is 6.02. The zero-order valence-electron chi connectivity index (χ0n) is 9.81. The molecule has 5 heteroatoms. The molecule has 0 bridgehead atoms. The lowest BCUT2D eigenvalue weighted by Gasteiger charge is -2.13. The first-order valence-corrected chi connectivity index (χ1v) is 7.18. The minimum absolute atomic E-state index is 0.0511. The summed E-state index contributed by atoms with van der Waals surface area (Å²) in [7, 11) is 0. The fourth-order valence-corrected chi connectivity index (χ4v) is 2.11. The van der Waals surface area contributed by atoms with Gasteiger partial charge in [0.05, 0.1) is 11.9 Å². The van der Waals surface area contributed by atoms with Gasteiger partial charge in [0.15, 0.2) is 0 Å². The van der Waals surface area contributed by atoms with E-state index >= 15 is 0 Å². The highest BCUT2D eigenvalue weighted by Gasteiger charge is 2.11. The minimum Gasteiger partial charge on any atom is -0.392 e. The number of hydrogen-bond donors (Lipinski definition) is 2. The second-order valence-electron chi connectivity index (χ2n) is 3.81. The van der Waals surface area contributed by atoms with Gasteiger partial charge in [-0.05, 0) is 31.2 Å². The molecule has 0 radical (unpaired) electrons. The predicted molar refractivity (Wildman–Crippen MR) is 76.4 cm³/mol. The van der Waals surface area contributed by atoms with Crippen molar-refractivity contribution in [3.05, 3.63) is 28.7 Å². The van der Waals surface area contributed by atoms with Crippen LogP contribution in [0.15, 0.2) is 28.7 Å². The van der Waals surface area contributed by atoms with Crippen LogP contribution in [0.25, 0.3) is 0 Å². The zero-order chi connectivity index (χ0) is 12.8. The molecule has 0 aliphatic rings. The number of aliphatic hydroxyl groups is 1. The van der Waals surface area contributed by atoms with Crippen LogP contribution in [0, 0.1) is 0 Å². The third-order valence-electron chi connectivity index (χ3n) is 2.28. The summed E-state index contributed by atoms with van der Waals surface area (Å²) in [5.41, 5.74) is 0.781. The van der Waals surface area contributed by atoms with Crippen LogP contribution >= 0.6 is 27.7 Å². The summed E-state index contributed by atoms with van der Waals surface area (Å²) in [5.74, 6) is 0.298. The molecule has 0 fully saturated rings. The molecule has 0 saturated carbocycles. The van der Waals surface area contributed by atoms with E-state index < -0.39 is 6.10 Å². The Hall–Kier alpha value is -0.520. The lowest BCUT2D eigenvalue weighted by atomic mass is 10.3. The highest BCUT2D eigenvalue weighted by Crippen LogP contribution is 2.16. The van der Waals surface area contributed by atoms with Crippen molar-refractivity contribution in [3.63, 3.8) is 0 Å². The Labute approximate surface area is 114 Å². The van der Waals surface area contributed by atoms with Gasteiger partial charge in [0.2, 0.25) is 5.91 Å². The number of amides is 1. The van der Waals surface area contributed by atoms with Gasteiger partial charge in [-0.1, -0.05) is 22.9 Å². The average molecular weight is 318 g/mol. The van der Waals surface area contributed by atoms with Gasteiger partial charge in [-0.25, -0.2) is 0 Å². The summed E-state index contributed by atoms with van der Waals surface area (Å²) in [6.07, 6.45) is -0.402. The fourth-order valence-electron chi connectivity index (χ4n) is 1.08. The van der Waals surface area contributed by atoms with Crippen molar-refractivity contribution in [2.45, 2.75) is 25.2 Å². The molecule has 0 spiro atoms. The van der Waals surface area contributed by atoms with Crippen molar-refractivity contribution >= 4 is 39.3 Å². The topological polar surface area (TPSA) is 49.3 Å². The van der Waals surface area contributed by atoms with Crippen molar-refractivity contribution in [1.82, 2.24) is 0 Å². The van der Waals surface area contributed by atoms with Crippen molar-refractivity contribution in [1.29, 1.82) is 0 Å². The van der Waals surface area contributed by atoms with Crippen LogP contribution in [0.5, 0.6) is 0 Å². The Morgan fingerprint density at radius 1 is 1.41 bits per heavy atom. The van der Waals surface area contributed by atoms with E-state index in [1.165, 1.54) is 11.8 Å². The lowest BCUT2D eigenvalue weighted by molar-refractivity contribution is -0.113. The van der Waals surface area contributed by atoms with Crippen LogP contribution in [0.1, 0.15) is 13.8 Å². The lowest BCUT2D eigenvalue weighted by Crippen LogP contribution is -2.20. The van der Waals surface area contributed by atoms with E-state index in [-0.39, 0.29) is 11.2 Å². The predicted octanol–water partition coefficient (Wildman–Crippen LogP) is 2.89. The number of hydrogen-bond acceptors (Lipinski definition) is 3. The Bertz CT molecular complexity index is 367. The standard InChI is InChI=1S/C12H16BrNO2S/c1-8(15)9(2)17-7-12(16)14-11-5-3-10(13)4-6-11/h3-6,8-9,15H,7H2,1-2H3,(H,14,16). The number of carbonyl (C=O) groups excluding carboxylic acids is 1. The first-order valence-electron chi connectivity index (χ1n) is 5.34. The third-order valence-corrected chi connectivity index (χ3v) is 4.16. The molecule has 1 aromatic rings. The van der Waals surface area contributed by atoms with Gasteiger partial charge in [-0.2, -0.15) is 0 Å². The number of carbonyl (C=O) groups is 1. The molecule has 0 aliphatic heterocycles. The largest absolute Gasteiger partial charge is 0.392 e. The number of benzene rings is 1. The Balaban J connectivity index is 2.37. The molecule has 1 amide bonds. The Morgan fingerprint density at radius 3 is 2.53 bits per heavy atom. The van der Waals surface area contributed by atoms with E-state index in [4.69, 9.17) is 0 Å². The highest BCUT2D eigenvalue weighted by molar-refractivity contribution is 9.10. The van der Waals surface area contributed by atoms with E-state index in [2.05, 4.69) is 21.2 Å². The number of anilines is 1. The van der Waals surface area contributed by atoms with Crippen molar-refractivity contribution in [2.75, 3.05) is 11.1 Å². The smallest absolute Gasteiger partial charge is 0.234 e. The third kappa shape index (κ3) is 5.57. The summed E-state index contributed by atoms with van der Waals surface area (Å²) in [5, 5.41) is 12.2. The van der Waals surface area contributed by atoms with E-state index in [0.29, 0.717) is 5.75 Å². The molecule has 0 saturated heterocycles. The van der Waals surface area contributed by atoms with Crippen LogP contribution in [-0.4, -0.2) is 28.1 Å². The molecule has 2 unspecified atom stereocenters. The maximum atomic E-state index is 11.6. The molecule has 3 nitrogen and oxygen atoms in total. The molecule has 1 aromatic carbocycles. The number of rotatable bonds is 5. The monoisotopic (exact) mass is 317 g/mol. The summed E-state index contributed by atoms with van der Waals surface area (Å²) in [4.78, 5) is 11.6. The van der Waals surface area contributed by atoms with E-state index in [0.717, 1.165) is 10.2 Å². The second kappa shape index (κ2) is 7.03. The van der Waals surface area contributed by atoms with Gasteiger partial charge < -0.3 is 10.4 Å². The van der Waals surface area contributed by atoms with Gasteiger partial charge >= 0.3 is 0 Å². The number of aliphatic hydroxyl groups excluding tert-OH is 1. The molecule has 17 heavy (non-hydrogen) atoms. The number of halogens is 1. The SMILES string of the molecule is CC(O)C(C)SCC(=O)Nc1ccc(Br)cc1. The summed E-state index contributed by atoms with van der Waals surface area (Å²) in [6, 6.07) is 7.43. The van der Waals surface area contributed by atoms with E-state index in [1.54, 1.807) is 6.92 Å². The van der Waals surface area contributed by atoms with Crippen molar-refractivity contribution in [3.8, 4) is 0 Å². The molecule has 94 valence electrons. The van der Waals surface area contributed by atoms with E-state index in [9.17, 15) is 9.90 Å². The molecule has 0 aliphatic carbocycles.